The van der Waals surface area contributed by atoms with Crippen LogP contribution in [-0.2, 0) is 0 Å². The van der Waals surface area contributed by atoms with E-state index in [9.17, 15) is 0 Å². The normalized spacial score (nSPS) is 10.8. The number of hydrogen-bond donors (Lipinski definition) is 3. The van der Waals surface area contributed by atoms with E-state index in [-0.39, 0.29) is 5.96 Å². The summed E-state index contributed by atoms with van der Waals surface area (Å²) < 4.78 is 2.06. The van der Waals surface area contributed by atoms with Crippen LogP contribution in [0, 0.1) is 12.3 Å². The number of nitrogens with two attached hydrogens (primary N) is 1. The van der Waals surface area contributed by atoms with Crippen molar-refractivity contribution in [1.82, 2.24) is 14.5 Å². The van der Waals surface area contributed by atoms with Crippen LogP contribution < -0.4 is 11.1 Å². The van der Waals surface area contributed by atoms with Crippen molar-refractivity contribution in [1.29, 1.82) is 5.41 Å². The van der Waals surface area contributed by atoms with Crippen molar-refractivity contribution in [2.24, 2.45) is 5.73 Å². The summed E-state index contributed by atoms with van der Waals surface area (Å²) in [7, 11) is 0. The maximum Gasteiger partial charge on any atom is 0.190 e. The van der Waals surface area contributed by atoms with Crippen LogP contribution in [-0.4, -0.2) is 20.5 Å². The van der Waals surface area contributed by atoms with Crippen molar-refractivity contribution in [3.63, 3.8) is 0 Å². The highest BCUT2D eigenvalue weighted by molar-refractivity contribution is 5.90. The molecule has 2 aromatic carbocycles. The summed E-state index contributed by atoms with van der Waals surface area (Å²) >= 11 is 0. The van der Waals surface area contributed by atoms with E-state index in [0.29, 0.717) is 0 Å². The van der Waals surface area contributed by atoms with E-state index in [1.807, 2.05) is 36.4 Å². The van der Waals surface area contributed by atoms with Gasteiger partial charge in [-0.25, -0.2) is 9.97 Å². The lowest BCUT2D eigenvalue weighted by Gasteiger charge is -2.10. The average molecular weight is 342 g/mol. The van der Waals surface area contributed by atoms with Gasteiger partial charge >= 0.3 is 0 Å². The number of nitrogens with zero attached hydrogens (tertiary/aromatic N) is 3. The van der Waals surface area contributed by atoms with Gasteiger partial charge in [0, 0.05) is 23.1 Å². The summed E-state index contributed by atoms with van der Waals surface area (Å²) in [5.41, 5.74) is 11.0. The minimum atomic E-state index is -0.0890. The Labute approximate surface area is 150 Å². The van der Waals surface area contributed by atoms with Crippen LogP contribution in [0.2, 0.25) is 0 Å². The average Bonchev–Trinajstić information content (AvgIpc) is 3.02. The van der Waals surface area contributed by atoms with Crippen molar-refractivity contribution >= 4 is 22.8 Å². The Bertz CT molecular complexity index is 1080. The summed E-state index contributed by atoms with van der Waals surface area (Å²) in [5, 5.41) is 10.1. The smallest absolute Gasteiger partial charge is 0.190 e. The van der Waals surface area contributed by atoms with Gasteiger partial charge in [0.25, 0.3) is 0 Å². The first-order chi connectivity index (χ1) is 12.6. The fraction of sp³-hybridized carbons (Fsp3) is 0.0500. The second kappa shape index (κ2) is 6.33. The summed E-state index contributed by atoms with van der Waals surface area (Å²) in [6, 6.07) is 19.8. The number of aryl methyl sites for hydroxylation is 1. The van der Waals surface area contributed by atoms with Crippen LogP contribution in [0.5, 0.6) is 0 Å². The van der Waals surface area contributed by atoms with Gasteiger partial charge in [-0.1, -0.05) is 17.7 Å². The summed E-state index contributed by atoms with van der Waals surface area (Å²) in [4.78, 5) is 9.31. The number of guanidine groups is 1. The molecular weight excluding hydrogens is 324 g/mol. The number of anilines is 1. The number of rotatable bonds is 3. The molecule has 0 spiro atoms. The van der Waals surface area contributed by atoms with Crippen molar-refractivity contribution in [3.05, 3.63) is 72.4 Å². The third-order valence-corrected chi connectivity index (χ3v) is 4.13. The van der Waals surface area contributed by atoms with E-state index in [1.165, 1.54) is 5.56 Å². The van der Waals surface area contributed by atoms with Crippen molar-refractivity contribution < 1.29 is 0 Å². The first-order valence-electron chi connectivity index (χ1n) is 8.24. The van der Waals surface area contributed by atoms with Crippen LogP contribution in [0.4, 0.5) is 5.69 Å². The third kappa shape index (κ3) is 2.88. The molecule has 2 aromatic heterocycles. The number of hydrogen-bond acceptors (Lipinski definition) is 3. The first-order valence-corrected chi connectivity index (χ1v) is 8.24. The molecule has 0 radical (unpaired) electrons. The minimum Gasteiger partial charge on any atom is -0.370 e. The third-order valence-electron chi connectivity index (χ3n) is 4.13. The van der Waals surface area contributed by atoms with Crippen LogP contribution >= 0.6 is 0 Å². The molecule has 26 heavy (non-hydrogen) atoms. The minimum absolute atomic E-state index is 0.0890. The van der Waals surface area contributed by atoms with Gasteiger partial charge in [-0.3, -0.25) is 9.98 Å². The topological polar surface area (TPSA) is 92.6 Å². The van der Waals surface area contributed by atoms with Crippen LogP contribution in [0.15, 0.2) is 66.9 Å². The standard InChI is InChI=1S/C20H18N6/c1-13-4-10-16(11-5-13)26-18(25-17-3-2-12-23-19(17)26)14-6-8-15(9-7-14)24-20(21)22/h2-12H,1H3,(H4,21,22,24). The van der Waals surface area contributed by atoms with Gasteiger partial charge in [-0.2, -0.15) is 0 Å². The molecule has 0 unspecified atom stereocenters. The molecular formula is C20H18N6. The zero-order chi connectivity index (χ0) is 18.1. The van der Waals surface area contributed by atoms with Gasteiger partial charge in [-0.05, 0) is 55.5 Å². The van der Waals surface area contributed by atoms with Gasteiger partial charge in [-0.15, -0.1) is 0 Å². The van der Waals surface area contributed by atoms with Gasteiger partial charge in [0.15, 0.2) is 11.6 Å². The van der Waals surface area contributed by atoms with E-state index < -0.39 is 0 Å². The summed E-state index contributed by atoms with van der Waals surface area (Å²) in [6.45, 7) is 2.07. The Kier molecular flexibility index (Phi) is 3.85. The largest absolute Gasteiger partial charge is 0.370 e. The van der Waals surface area contributed by atoms with Gasteiger partial charge in [0.2, 0.25) is 0 Å². The highest BCUT2D eigenvalue weighted by Crippen LogP contribution is 2.28. The second-order valence-corrected chi connectivity index (χ2v) is 6.07. The fourth-order valence-corrected chi connectivity index (χ4v) is 2.90. The van der Waals surface area contributed by atoms with Crippen LogP contribution in [0.25, 0.3) is 28.2 Å². The molecule has 128 valence electrons. The Balaban J connectivity index is 1.88. The van der Waals surface area contributed by atoms with Crippen molar-refractivity contribution in [2.45, 2.75) is 6.92 Å². The first kappa shape index (κ1) is 15.8. The highest BCUT2D eigenvalue weighted by atomic mass is 15.1. The van der Waals surface area contributed by atoms with E-state index in [4.69, 9.17) is 16.1 Å². The molecule has 6 heteroatoms. The molecule has 4 rings (SSSR count). The van der Waals surface area contributed by atoms with Crippen LogP contribution in [0.1, 0.15) is 5.56 Å². The van der Waals surface area contributed by atoms with Gasteiger partial charge in [0.05, 0.1) is 0 Å². The molecule has 4 N–H and O–H groups in total. The number of benzene rings is 2. The summed E-state index contributed by atoms with van der Waals surface area (Å²) in [6.07, 6.45) is 1.78. The fourth-order valence-electron chi connectivity index (χ4n) is 2.90. The summed E-state index contributed by atoms with van der Waals surface area (Å²) in [5.74, 6) is 0.728. The molecule has 0 aliphatic carbocycles. The lowest BCUT2D eigenvalue weighted by molar-refractivity contribution is 1.08. The number of imidazole rings is 1. The predicted molar refractivity (Wildman–Crippen MR) is 105 cm³/mol. The Morgan fingerprint density at radius 3 is 2.46 bits per heavy atom. The molecule has 6 nitrogen and oxygen atoms in total. The molecule has 2 heterocycles. The lowest BCUT2D eigenvalue weighted by Crippen LogP contribution is -2.20. The maximum absolute atomic E-state index is 7.33. The number of fused-ring (bicyclic) bond motifs is 1. The van der Waals surface area contributed by atoms with Gasteiger partial charge < -0.3 is 11.1 Å². The predicted octanol–water partition coefficient (Wildman–Crippen LogP) is 3.70. The van der Waals surface area contributed by atoms with E-state index in [1.54, 1.807) is 6.20 Å². The van der Waals surface area contributed by atoms with E-state index in [2.05, 4.69) is 46.1 Å². The number of pyridine rings is 1. The lowest BCUT2D eigenvalue weighted by atomic mass is 10.1. The monoisotopic (exact) mass is 342 g/mol. The Morgan fingerprint density at radius 2 is 1.77 bits per heavy atom. The number of nitrogens with one attached hydrogen (secondary N) is 2. The SMILES string of the molecule is Cc1ccc(-n2c(-c3ccc(NC(=N)N)cc3)nc3cccnc32)cc1. The highest BCUT2D eigenvalue weighted by Gasteiger charge is 2.15. The quantitative estimate of drug-likeness (QED) is 0.391. The number of aromatic nitrogens is 3. The molecule has 0 bridgehead atoms. The maximum atomic E-state index is 7.33. The Hall–Kier alpha value is -3.67. The van der Waals surface area contributed by atoms with Crippen molar-refractivity contribution in [2.75, 3.05) is 5.32 Å². The van der Waals surface area contributed by atoms with E-state index >= 15 is 0 Å². The molecule has 0 atom stereocenters. The molecule has 4 aromatic rings. The van der Waals surface area contributed by atoms with Gasteiger partial charge in [0.1, 0.15) is 11.3 Å². The molecule has 0 aliphatic rings. The zero-order valence-electron chi connectivity index (χ0n) is 14.3. The molecule has 0 amide bonds. The molecule has 0 saturated carbocycles. The Morgan fingerprint density at radius 1 is 1.04 bits per heavy atom. The molecule has 0 fully saturated rings. The van der Waals surface area contributed by atoms with Crippen molar-refractivity contribution in [3.8, 4) is 17.1 Å². The zero-order valence-corrected chi connectivity index (χ0v) is 14.3. The molecule has 0 aliphatic heterocycles. The van der Waals surface area contributed by atoms with Crippen LogP contribution in [0.3, 0.4) is 0 Å². The second-order valence-electron chi connectivity index (χ2n) is 6.07. The van der Waals surface area contributed by atoms with E-state index in [0.717, 1.165) is 33.9 Å². The molecule has 0 saturated heterocycles.